The Bertz CT molecular complexity index is 592. The van der Waals surface area contributed by atoms with Crippen molar-refractivity contribution in [3.8, 4) is 17.0 Å². The average Bonchev–Trinajstić information content (AvgIpc) is 2.57. The molecule has 0 radical (unpaired) electrons. The van der Waals surface area contributed by atoms with Crippen molar-refractivity contribution in [2.24, 2.45) is 0 Å². The zero-order chi connectivity index (χ0) is 15.2. The summed E-state index contributed by atoms with van der Waals surface area (Å²) in [6, 6.07) is 13.9. The fraction of sp³-hybridized carbons (Fsp3) is 0.389. The molecule has 22 heavy (non-hydrogen) atoms. The van der Waals surface area contributed by atoms with Crippen LogP contribution in [0.25, 0.3) is 11.3 Å². The Balaban J connectivity index is 1.69. The van der Waals surface area contributed by atoms with E-state index in [1.165, 1.54) is 6.42 Å². The van der Waals surface area contributed by atoms with Gasteiger partial charge in [-0.2, -0.15) is 0 Å². The molecule has 1 aromatic carbocycles. The molecule has 2 aromatic rings. The summed E-state index contributed by atoms with van der Waals surface area (Å²) in [6.45, 7) is 1.31. The minimum Gasteiger partial charge on any atom is -0.465 e. The van der Waals surface area contributed by atoms with Gasteiger partial charge in [-0.3, -0.25) is 4.98 Å². The third kappa shape index (κ3) is 3.84. The van der Waals surface area contributed by atoms with Gasteiger partial charge in [0.1, 0.15) is 5.75 Å². The van der Waals surface area contributed by atoms with Gasteiger partial charge in [-0.05, 0) is 49.2 Å². The minimum absolute atomic E-state index is 0.109. The maximum atomic E-state index is 5.85. The highest BCUT2D eigenvalue weighted by Gasteiger charge is 2.15. The van der Waals surface area contributed by atoms with Crippen molar-refractivity contribution in [3.63, 3.8) is 0 Å². The molecule has 1 fully saturated rings. The second-order valence-electron chi connectivity index (χ2n) is 5.39. The van der Waals surface area contributed by atoms with E-state index in [1.54, 1.807) is 7.11 Å². The molecule has 0 saturated carbocycles. The van der Waals surface area contributed by atoms with E-state index in [0.717, 1.165) is 42.1 Å². The molecule has 0 spiro atoms. The standard InChI is InChI=1S/C18H21NO3/c1-20-13-15-5-4-6-17(19-15)14-8-10-16(11-9-14)22-18-7-2-3-12-21-18/h4-6,8-11,18H,2-3,7,12-13H2,1H3. The molecule has 4 nitrogen and oxygen atoms in total. The summed E-state index contributed by atoms with van der Waals surface area (Å²) in [5.41, 5.74) is 2.93. The smallest absolute Gasteiger partial charge is 0.199 e. The predicted octanol–water partition coefficient (Wildman–Crippen LogP) is 3.80. The van der Waals surface area contributed by atoms with Crippen LogP contribution < -0.4 is 4.74 Å². The molecule has 1 atom stereocenters. The van der Waals surface area contributed by atoms with E-state index < -0.39 is 0 Å². The summed E-state index contributed by atoms with van der Waals surface area (Å²) in [7, 11) is 1.67. The summed E-state index contributed by atoms with van der Waals surface area (Å²) in [5.74, 6) is 0.837. The van der Waals surface area contributed by atoms with Crippen LogP contribution >= 0.6 is 0 Å². The van der Waals surface area contributed by atoms with Crippen LogP contribution in [0.3, 0.4) is 0 Å². The Morgan fingerprint density at radius 2 is 2.00 bits per heavy atom. The van der Waals surface area contributed by atoms with Crippen LogP contribution in [0, 0.1) is 0 Å². The van der Waals surface area contributed by atoms with Crippen molar-refractivity contribution in [2.45, 2.75) is 32.2 Å². The molecule has 1 aromatic heterocycles. The molecule has 1 saturated heterocycles. The molecule has 1 aliphatic heterocycles. The molecule has 2 heterocycles. The number of rotatable bonds is 5. The first-order chi connectivity index (χ1) is 10.8. The van der Waals surface area contributed by atoms with Crippen LogP contribution in [0.4, 0.5) is 0 Å². The summed E-state index contributed by atoms with van der Waals surface area (Å²) < 4.78 is 16.6. The first kappa shape index (κ1) is 15.0. The van der Waals surface area contributed by atoms with E-state index in [4.69, 9.17) is 14.2 Å². The van der Waals surface area contributed by atoms with E-state index in [-0.39, 0.29) is 6.29 Å². The predicted molar refractivity (Wildman–Crippen MR) is 84.6 cm³/mol. The van der Waals surface area contributed by atoms with Crippen molar-refractivity contribution >= 4 is 0 Å². The third-order valence-corrected chi connectivity index (χ3v) is 3.65. The number of nitrogens with zero attached hydrogens (tertiary/aromatic N) is 1. The Morgan fingerprint density at radius 1 is 1.14 bits per heavy atom. The fourth-order valence-corrected chi connectivity index (χ4v) is 2.53. The second kappa shape index (κ2) is 7.38. The molecule has 0 aliphatic carbocycles. The summed E-state index contributed by atoms with van der Waals surface area (Å²) in [6.07, 6.45) is 3.15. The van der Waals surface area contributed by atoms with E-state index in [0.29, 0.717) is 6.61 Å². The Morgan fingerprint density at radius 3 is 2.73 bits per heavy atom. The zero-order valence-electron chi connectivity index (χ0n) is 12.8. The number of pyridine rings is 1. The van der Waals surface area contributed by atoms with E-state index >= 15 is 0 Å². The molecular weight excluding hydrogens is 278 g/mol. The average molecular weight is 299 g/mol. The highest BCUT2D eigenvalue weighted by Crippen LogP contribution is 2.23. The molecule has 4 heteroatoms. The number of benzene rings is 1. The SMILES string of the molecule is COCc1cccc(-c2ccc(OC3CCCCO3)cc2)n1. The largest absolute Gasteiger partial charge is 0.465 e. The summed E-state index contributed by atoms with van der Waals surface area (Å²) >= 11 is 0. The Kier molecular flexibility index (Phi) is 5.03. The molecule has 3 rings (SSSR count). The van der Waals surface area contributed by atoms with Gasteiger partial charge in [0.25, 0.3) is 0 Å². The first-order valence-electron chi connectivity index (χ1n) is 7.69. The maximum absolute atomic E-state index is 5.85. The quantitative estimate of drug-likeness (QED) is 0.842. The Labute approximate surface area is 131 Å². The van der Waals surface area contributed by atoms with E-state index in [2.05, 4.69) is 4.98 Å². The molecular formula is C18H21NO3. The van der Waals surface area contributed by atoms with E-state index in [9.17, 15) is 0 Å². The van der Waals surface area contributed by atoms with Gasteiger partial charge in [0, 0.05) is 19.1 Å². The number of hydrogen-bond acceptors (Lipinski definition) is 4. The fourth-order valence-electron chi connectivity index (χ4n) is 2.53. The molecule has 0 bridgehead atoms. The van der Waals surface area contributed by atoms with Gasteiger partial charge in [-0.25, -0.2) is 0 Å². The normalized spacial score (nSPS) is 18.1. The Hall–Kier alpha value is -1.91. The van der Waals surface area contributed by atoms with Gasteiger partial charge in [-0.1, -0.05) is 6.07 Å². The van der Waals surface area contributed by atoms with Crippen LogP contribution in [0.15, 0.2) is 42.5 Å². The first-order valence-corrected chi connectivity index (χ1v) is 7.69. The van der Waals surface area contributed by atoms with E-state index in [1.807, 2.05) is 42.5 Å². The second-order valence-corrected chi connectivity index (χ2v) is 5.39. The van der Waals surface area contributed by atoms with Crippen LogP contribution in [0.2, 0.25) is 0 Å². The van der Waals surface area contributed by atoms with Gasteiger partial charge >= 0.3 is 0 Å². The van der Waals surface area contributed by atoms with Crippen LogP contribution in [-0.4, -0.2) is 25.0 Å². The monoisotopic (exact) mass is 299 g/mol. The zero-order valence-corrected chi connectivity index (χ0v) is 12.8. The minimum atomic E-state index is -0.109. The molecule has 0 amide bonds. The van der Waals surface area contributed by atoms with Crippen molar-refractivity contribution < 1.29 is 14.2 Å². The maximum Gasteiger partial charge on any atom is 0.199 e. The van der Waals surface area contributed by atoms with Gasteiger partial charge in [0.05, 0.1) is 24.6 Å². The lowest BCUT2D eigenvalue weighted by Crippen LogP contribution is -2.24. The summed E-state index contributed by atoms with van der Waals surface area (Å²) in [4.78, 5) is 4.59. The number of ether oxygens (including phenoxy) is 3. The lowest BCUT2D eigenvalue weighted by atomic mass is 10.1. The number of aromatic nitrogens is 1. The number of methoxy groups -OCH3 is 1. The van der Waals surface area contributed by atoms with Crippen molar-refractivity contribution in [1.82, 2.24) is 4.98 Å². The van der Waals surface area contributed by atoms with Gasteiger partial charge in [0.2, 0.25) is 0 Å². The lowest BCUT2D eigenvalue weighted by Gasteiger charge is -2.23. The van der Waals surface area contributed by atoms with Crippen molar-refractivity contribution in [1.29, 1.82) is 0 Å². The highest BCUT2D eigenvalue weighted by molar-refractivity contribution is 5.60. The summed E-state index contributed by atoms with van der Waals surface area (Å²) in [5, 5.41) is 0. The van der Waals surface area contributed by atoms with Crippen molar-refractivity contribution in [2.75, 3.05) is 13.7 Å². The van der Waals surface area contributed by atoms with Gasteiger partial charge in [-0.15, -0.1) is 0 Å². The van der Waals surface area contributed by atoms with Crippen molar-refractivity contribution in [3.05, 3.63) is 48.2 Å². The molecule has 1 unspecified atom stereocenters. The topological polar surface area (TPSA) is 40.6 Å². The number of hydrogen-bond donors (Lipinski definition) is 0. The van der Waals surface area contributed by atoms with Gasteiger partial charge in [0.15, 0.2) is 6.29 Å². The van der Waals surface area contributed by atoms with Crippen LogP contribution in [0.1, 0.15) is 25.0 Å². The van der Waals surface area contributed by atoms with Crippen LogP contribution in [0.5, 0.6) is 5.75 Å². The highest BCUT2D eigenvalue weighted by atomic mass is 16.7. The van der Waals surface area contributed by atoms with Crippen LogP contribution in [-0.2, 0) is 16.1 Å². The molecule has 116 valence electrons. The van der Waals surface area contributed by atoms with Gasteiger partial charge < -0.3 is 14.2 Å². The third-order valence-electron chi connectivity index (χ3n) is 3.65. The lowest BCUT2D eigenvalue weighted by molar-refractivity contribution is -0.105. The molecule has 1 aliphatic rings. The molecule has 0 N–H and O–H groups in total.